The van der Waals surface area contributed by atoms with Crippen molar-refractivity contribution in [3.63, 3.8) is 0 Å². The number of pyridine rings is 1. The van der Waals surface area contributed by atoms with E-state index in [1.807, 2.05) is 6.07 Å². The number of aromatic nitrogens is 1. The van der Waals surface area contributed by atoms with Gasteiger partial charge < -0.3 is 0 Å². The number of hydrogen-bond acceptors (Lipinski definition) is 3. The van der Waals surface area contributed by atoms with Gasteiger partial charge in [0, 0.05) is 31.0 Å². The van der Waals surface area contributed by atoms with Crippen LogP contribution in [0.3, 0.4) is 0 Å². The molecular weight excluding hydrogens is 284 g/mol. The van der Waals surface area contributed by atoms with Crippen LogP contribution in [0.5, 0.6) is 0 Å². The molecule has 0 saturated heterocycles. The molecule has 0 bridgehead atoms. The van der Waals surface area contributed by atoms with Crippen LogP contribution < -0.4 is 0 Å². The van der Waals surface area contributed by atoms with Crippen molar-refractivity contribution in [1.82, 2.24) is 9.29 Å². The van der Waals surface area contributed by atoms with Gasteiger partial charge >= 0.3 is 0 Å². The lowest BCUT2D eigenvalue weighted by Gasteiger charge is -2.17. The first-order chi connectivity index (χ1) is 9.00. The van der Waals surface area contributed by atoms with Crippen LogP contribution in [0.4, 0.5) is 0 Å². The second-order valence-electron chi connectivity index (χ2n) is 4.08. The molecule has 19 heavy (non-hydrogen) atoms. The fraction of sp³-hybridized carbons (Fsp3) is 0.154. The van der Waals surface area contributed by atoms with Crippen LogP contribution in [0, 0.1) is 0 Å². The molecular formula is C13H13ClN2O2S. The molecule has 0 radical (unpaired) electrons. The normalized spacial score (nSPS) is 11.7. The summed E-state index contributed by atoms with van der Waals surface area (Å²) < 4.78 is 25.9. The Morgan fingerprint density at radius 2 is 1.89 bits per heavy atom. The van der Waals surface area contributed by atoms with Gasteiger partial charge in [0.15, 0.2) is 0 Å². The van der Waals surface area contributed by atoms with E-state index in [0.29, 0.717) is 5.02 Å². The lowest BCUT2D eigenvalue weighted by Crippen LogP contribution is -2.26. The van der Waals surface area contributed by atoms with E-state index in [1.165, 1.54) is 23.5 Å². The molecule has 100 valence electrons. The number of hydrogen-bond donors (Lipinski definition) is 0. The van der Waals surface area contributed by atoms with Gasteiger partial charge in [0.1, 0.15) is 0 Å². The molecule has 0 unspecified atom stereocenters. The Morgan fingerprint density at radius 1 is 1.21 bits per heavy atom. The van der Waals surface area contributed by atoms with E-state index in [2.05, 4.69) is 4.98 Å². The molecule has 0 aliphatic carbocycles. The maximum absolute atomic E-state index is 12.3. The summed E-state index contributed by atoms with van der Waals surface area (Å²) in [5.41, 5.74) is 0.836. The molecule has 0 spiro atoms. The highest BCUT2D eigenvalue weighted by atomic mass is 35.5. The largest absolute Gasteiger partial charge is 0.264 e. The van der Waals surface area contributed by atoms with Crippen molar-refractivity contribution in [1.29, 1.82) is 0 Å². The molecule has 0 atom stereocenters. The third kappa shape index (κ3) is 3.32. The van der Waals surface area contributed by atoms with Gasteiger partial charge in [0.2, 0.25) is 10.0 Å². The Labute approximate surface area is 117 Å². The maximum Gasteiger partial charge on any atom is 0.243 e. The Balaban J connectivity index is 2.22. The predicted molar refractivity (Wildman–Crippen MR) is 74.3 cm³/mol. The lowest BCUT2D eigenvalue weighted by molar-refractivity contribution is 0.466. The second-order valence-corrected chi connectivity index (χ2v) is 6.56. The summed E-state index contributed by atoms with van der Waals surface area (Å²) in [6, 6.07) is 9.73. The SMILES string of the molecule is CN(Cc1cccnc1)S(=O)(=O)c1ccc(Cl)cc1. The number of halogens is 1. The Kier molecular flexibility index (Phi) is 4.19. The van der Waals surface area contributed by atoms with E-state index in [4.69, 9.17) is 11.6 Å². The number of rotatable bonds is 4. The van der Waals surface area contributed by atoms with Crippen molar-refractivity contribution >= 4 is 21.6 Å². The van der Waals surface area contributed by atoms with Crippen molar-refractivity contribution in [2.75, 3.05) is 7.05 Å². The number of nitrogens with zero attached hydrogens (tertiary/aromatic N) is 2. The summed E-state index contributed by atoms with van der Waals surface area (Å²) in [6.45, 7) is 0.277. The van der Waals surface area contributed by atoms with Crippen LogP contribution in [0.1, 0.15) is 5.56 Å². The van der Waals surface area contributed by atoms with Gasteiger partial charge in [-0.15, -0.1) is 0 Å². The van der Waals surface area contributed by atoms with E-state index < -0.39 is 10.0 Å². The van der Waals surface area contributed by atoms with Gasteiger partial charge in [-0.2, -0.15) is 4.31 Å². The van der Waals surface area contributed by atoms with Gasteiger partial charge in [-0.3, -0.25) is 4.98 Å². The van der Waals surface area contributed by atoms with Gasteiger partial charge in [-0.05, 0) is 35.9 Å². The highest BCUT2D eigenvalue weighted by Gasteiger charge is 2.20. The Bertz CT molecular complexity index is 642. The summed E-state index contributed by atoms with van der Waals surface area (Å²) in [6.07, 6.45) is 3.30. The highest BCUT2D eigenvalue weighted by molar-refractivity contribution is 7.89. The number of benzene rings is 1. The average Bonchev–Trinajstić information content (AvgIpc) is 2.40. The molecule has 0 fully saturated rings. The summed E-state index contributed by atoms with van der Waals surface area (Å²) in [4.78, 5) is 4.19. The van der Waals surface area contributed by atoms with Crippen LogP contribution in [0.25, 0.3) is 0 Å². The smallest absolute Gasteiger partial charge is 0.243 e. The predicted octanol–water partition coefficient (Wildman–Crippen LogP) is 2.56. The Hall–Kier alpha value is -1.43. The van der Waals surface area contributed by atoms with E-state index in [-0.39, 0.29) is 11.4 Å². The molecule has 2 rings (SSSR count). The third-order valence-electron chi connectivity index (χ3n) is 2.65. The van der Waals surface area contributed by atoms with Crippen molar-refractivity contribution in [2.24, 2.45) is 0 Å². The topological polar surface area (TPSA) is 50.3 Å². The molecule has 0 N–H and O–H groups in total. The summed E-state index contributed by atoms with van der Waals surface area (Å²) in [5, 5.41) is 0.508. The third-order valence-corrected chi connectivity index (χ3v) is 4.72. The van der Waals surface area contributed by atoms with Crippen LogP contribution in [-0.2, 0) is 16.6 Å². The fourth-order valence-corrected chi connectivity index (χ4v) is 2.91. The lowest BCUT2D eigenvalue weighted by atomic mass is 10.3. The van der Waals surface area contributed by atoms with E-state index in [1.54, 1.807) is 30.6 Å². The summed E-state index contributed by atoms with van der Waals surface area (Å²) in [5.74, 6) is 0. The standard InChI is InChI=1S/C13H13ClN2O2S/c1-16(10-11-3-2-8-15-9-11)19(17,18)13-6-4-12(14)5-7-13/h2-9H,10H2,1H3. The van der Waals surface area contributed by atoms with Crippen LogP contribution in [-0.4, -0.2) is 24.8 Å². The van der Waals surface area contributed by atoms with Crippen LogP contribution >= 0.6 is 11.6 Å². The van der Waals surface area contributed by atoms with E-state index in [9.17, 15) is 8.42 Å². The molecule has 1 heterocycles. The summed E-state index contributed by atoms with van der Waals surface area (Å²) in [7, 11) is -1.97. The van der Waals surface area contributed by atoms with Crippen LogP contribution in [0.2, 0.25) is 5.02 Å². The average molecular weight is 297 g/mol. The van der Waals surface area contributed by atoms with E-state index >= 15 is 0 Å². The quantitative estimate of drug-likeness (QED) is 0.871. The van der Waals surface area contributed by atoms with Crippen molar-refractivity contribution in [2.45, 2.75) is 11.4 Å². The Morgan fingerprint density at radius 3 is 2.47 bits per heavy atom. The fourth-order valence-electron chi connectivity index (χ4n) is 1.62. The first kappa shape index (κ1) is 14.0. The zero-order valence-electron chi connectivity index (χ0n) is 10.3. The van der Waals surface area contributed by atoms with Crippen LogP contribution in [0.15, 0.2) is 53.7 Å². The zero-order chi connectivity index (χ0) is 13.9. The molecule has 4 nitrogen and oxygen atoms in total. The first-order valence-corrected chi connectivity index (χ1v) is 7.43. The maximum atomic E-state index is 12.3. The molecule has 0 aliphatic heterocycles. The molecule has 1 aromatic heterocycles. The molecule has 2 aromatic rings. The van der Waals surface area contributed by atoms with Crippen molar-refractivity contribution < 1.29 is 8.42 Å². The van der Waals surface area contributed by atoms with E-state index in [0.717, 1.165) is 5.56 Å². The summed E-state index contributed by atoms with van der Waals surface area (Å²) >= 11 is 5.75. The molecule has 6 heteroatoms. The second kappa shape index (κ2) is 5.69. The molecule has 0 saturated carbocycles. The molecule has 0 amide bonds. The minimum absolute atomic E-state index is 0.225. The highest BCUT2D eigenvalue weighted by Crippen LogP contribution is 2.18. The number of sulfonamides is 1. The van der Waals surface area contributed by atoms with Crippen molar-refractivity contribution in [3.05, 3.63) is 59.4 Å². The van der Waals surface area contributed by atoms with Gasteiger partial charge in [0.25, 0.3) is 0 Å². The van der Waals surface area contributed by atoms with Crippen molar-refractivity contribution in [3.8, 4) is 0 Å². The van der Waals surface area contributed by atoms with Gasteiger partial charge in [-0.1, -0.05) is 17.7 Å². The molecule has 0 aliphatic rings. The zero-order valence-corrected chi connectivity index (χ0v) is 11.9. The minimum Gasteiger partial charge on any atom is -0.264 e. The monoisotopic (exact) mass is 296 g/mol. The van der Waals surface area contributed by atoms with Gasteiger partial charge in [0.05, 0.1) is 4.90 Å². The molecule has 1 aromatic carbocycles. The minimum atomic E-state index is -3.51. The first-order valence-electron chi connectivity index (χ1n) is 5.61. The van der Waals surface area contributed by atoms with Gasteiger partial charge in [-0.25, -0.2) is 8.42 Å².